The van der Waals surface area contributed by atoms with Crippen LogP contribution >= 0.6 is 15.9 Å². The Labute approximate surface area is 110 Å². The average molecular weight is 294 g/mol. The third-order valence-corrected chi connectivity index (χ3v) is 4.26. The van der Waals surface area contributed by atoms with Crippen LogP contribution in [0.3, 0.4) is 0 Å². The van der Waals surface area contributed by atoms with E-state index in [1.807, 2.05) is 6.07 Å². The summed E-state index contributed by atoms with van der Waals surface area (Å²) in [6.45, 7) is 2.14. The molecule has 1 heterocycles. The maximum atomic E-state index is 5.96. The molecule has 2 aliphatic rings. The zero-order chi connectivity index (χ0) is 11.8. The summed E-state index contributed by atoms with van der Waals surface area (Å²) in [5.74, 6) is 1.28. The van der Waals surface area contributed by atoms with Crippen molar-refractivity contribution in [1.82, 2.24) is 4.90 Å². The van der Waals surface area contributed by atoms with Crippen LogP contribution in [0.1, 0.15) is 24.3 Å². The molecule has 0 spiro atoms. The van der Waals surface area contributed by atoms with Crippen molar-refractivity contribution in [3.8, 4) is 0 Å². The van der Waals surface area contributed by atoms with Gasteiger partial charge in [-0.05, 0) is 24.5 Å². The van der Waals surface area contributed by atoms with Gasteiger partial charge in [0.15, 0.2) is 5.96 Å². The molecule has 0 amide bonds. The van der Waals surface area contributed by atoms with Crippen molar-refractivity contribution < 1.29 is 0 Å². The van der Waals surface area contributed by atoms with Crippen LogP contribution in [0.4, 0.5) is 0 Å². The maximum Gasteiger partial charge on any atom is 0.191 e. The number of guanidine groups is 1. The Balaban J connectivity index is 1.68. The minimum Gasteiger partial charge on any atom is -0.370 e. The Kier molecular flexibility index (Phi) is 2.82. The molecule has 90 valence electrons. The summed E-state index contributed by atoms with van der Waals surface area (Å²) < 4.78 is 1.19. The van der Waals surface area contributed by atoms with Crippen LogP contribution in [0, 0.1) is 0 Å². The van der Waals surface area contributed by atoms with Crippen LogP contribution in [0.25, 0.3) is 0 Å². The molecular weight excluding hydrogens is 278 g/mol. The van der Waals surface area contributed by atoms with Crippen molar-refractivity contribution in [3.63, 3.8) is 0 Å². The first-order valence-electron chi connectivity index (χ1n) is 6.08. The fourth-order valence-electron chi connectivity index (χ4n) is 2.23. The maximum absolute atomic E-state index is 5.96. The van der Waals surface area contributed by atoms with E-state index in [1.54, 1.807) is 0 Å². The molecule has 2 N–H and O–H groups in total. The second-order valence-electron chi connectivity index (χ2n) is 4.76. The molecule has 17 heavy (non-hydrogen) atoms. The molecule has 1 aromatic rings. The lowest BCUT2D eigenvalue weighted by atomic mass is 10.1. The van der Waals surface area contributed by atoms with Gasteiger partial charge in [0.2, 0.25) is 0 Å². The molecule has 1 aromatic carbocycles. The molecule has 0 bridgehead atoms. The summed E-state index contributed by atoms with van der Waals surface area (Å²) in [6.07, 6.45) is 2.37. The third kappa shape index (κ3) is 2.18. The van der Waals surface area contributed by atoms with Crippen molar-refractivity contribution in [1.29, 1.82) is 0 Å². The number of benzene rings is 1. The van der Waals surface area contributed by atoms with Gasteiger partial charge >= 0.3 is 0 Å². The lowest BCUT2D eigenvalue weighted by molar-refractivity contribution is 0.295. The monoisotopic (exact) mass is 293 g/mol. The number of nitrogens with two attached hydrogens (primary N) is 1. The van der Waals surface area contributed by atoms with Crippen molar-refractivity contribution in [2.75, 3.05) is 13.1 Å². The van der Waals surface area contributed by atoms with E-state index in [2.05, 4.69) is 44.0 Å². The zero-order valence-electron chi connectivity index (χ0n) is 9.64. The van der Waals surface area contributed by atoms with E-state index >= 15 is 0 Å². The average Bonchev–Trinajstić information content (AvgIpc) is 2.95. The van der Waals surface area contributed by atoms with Crippen molar-refractivity contribution >= 4 is 21.9 Å². The quantitative estimate of drug-likeness (QED) is 0.672. The summed E-state index contributed by atoms with van der Waals surface area (Å²) in [5.41, 5.74) is 7.32. The van der Waals surface area contributed by atoms with Crippen LogP contribution < -0.4 is 5.73 Å². The highest BCUT2D eigenvalue weighted by Crippen LogP contribution is 2.46. The first-order chi connectivity index (χ1) is 8.25. The Morgan fingerprint density at radius 2 is 2.12 bits per heavy atom. The number of halogens is 1. The SMILES string of the molecule is NC(=N[C@@H]1C[C@H]1c1ccccc1Br)N1CCC1. The van der Waals surface area contributed by atoms with E-state index in [0.29, 0.717) is 12.0 Å². The van der Waals surface area contributed by atoms with Crippen LogP contribution in [0.5, 0.6) is 0 Å². The highest BCUT2D eigenvalue weighted by Gasteiger charge is 2.40. The van der Waals surface area contributed by atoms with E-state index in [9.17, 15) is 0 Å². The van der Waals surface area contributed by atoms with Crippen LogP contribution in [-0.2, 0) is 0 Å². The van der Waals surface area contributed by atoms with Gasteiger partial charge in [-0.25, -0.2) is 4.99 Å². The molecule has 2 atom stereocenters. The van der Waals surface area contributed by atoms with Crippen LogP contribution in [0.2, 0.25) is 0 Å². The molecule has 0 aromatic heterocycles. The van der Waals surface area contributed by atoms with E-state index in [1.165, 1.54) is 16.5 Å². The Hall–Kier alpha value is -1.03. The zero-order valence-corrected chi connectivity index (χ0v) is 11.2. The molecule has 1 saturated carbocycles. The lowest BCUT2D eigenvalue weighted by Gasteiger charge is -2.31. The number of rotatable bonds is 2. The van der Waals surface area contributed by atoms with Crippen LogP contribution in [-0.4, -0.2) is 30.0 Å². The van der Waals surface area contributed by atoms with Crippen molar-refractivity contribution in [3.05, 3.63) is 34.3 Å². The van der Waals surface area contributed by atoms with Crippen molar-refractivity contribution in [2.45, 2.75) is 24.8 Å². The number of nitrogens with zero attached hydrogens (tertiary/aromatic N) is 2. The Bertz CT molecular complexity index is 454. The lowest BCUT2D eigenvalue weighted by Crippen LogP contribution is -2.46. The van der Waals surface area contributed by atoms with Crippen LogP contribution in [0.15, 0.2) is 33.7 Å². The second-order valence-corrected chi connectivity index (χ2v) is 5.61. The molecule has 1 aliphatic carbocycles. The topological polar surface area (TPSA) is 41.6 Å². The third-order valence-electron chi connectivity index (χ3n) is 3.54. The summed E-state index contributed by atoms with van der Waals surface area (Å²) in [6, 6.07) is 8.77. The number of aliphatic imine (C=N–C) groups is 1. The van der Waals surface area contributed by atoms with E-state index in [-0.39, 0.29) is 0 Å². The van der Waals surface area contributed by atoms with Gasteiger partial charge in [-0.15, -0.1) is 0 Å². The highest BCUT2D eigenvalue weighted by atomic mass is 79.9. The first kappa shape index (κ1) is 11.1. The predicted octanol–water partition coefficient (Wildman–Crippen LogP) is 2.33. The van der Waals surface area contributed by atoms with Gasteiger partial charge in [0.05, 0.1) is 6.04 Å². The van der Waals surface area contributed by atoms with Gasteiger partial charge in [-0.2, -0.15) is 0 Å². The molecule has 0 unspecified atom stereocenters. The molecule has 1 saturated heterocycles. The molecule has 4 heteroatoms. The van der Waals surface area contributed by atoms with Gasteiger partial charge in [0.25, 0.3) is 0 Å². The number of hydrogen-bond donors (Lipinski definition) is 1. The van der Waals surface area contributed by atoms with Crippen molar-refractivity contribution in [2.24, 2.45) is 10.7 Å². The minimum absolute atomic E-state index is 0.384. The molecular formula is C13H16BrN3. The molecule has 1 aliphatic heterocycles. The minimum atomic E-state index is 0.384. The summed E-state index contributed by atoms with van der Waals surface area (Å²) in [4.78, 5) is 6.76. The normalized spacial score (nSPS) is 27.8. The molecule has 3 nitrogen and oxygen atoms in total. The highest BCUT2D eigenvalue weighted by molar-refractivity contribution is 9.10. The van der Waals surface area contributed by atoms with E-state index in [4.69, 9.17) is 5.73 Å². The largest absolute Gasteiger partial charge is 0.370 e. The van der Waals surface area contributed by atoms with Gasteiger partial charge in [-0.1, -0.05) is 34.1 Å². The second kappa shape index (κ2) is 4.33. The Morgan fingerprint density at radius 3 is 2.76 bits per heavy atom. The summed E-state index contributed by atoms with van der Waals surface area (Å²) in [5, 5.41) is 0. The first-order valence-corrected chi connectivity index (χ1v) is 6.87. The molecule has 0 radical (unpaired) electrons. The number of hydrogen-bond acceptors (Lipinski definition) is 1. The van der Waals surface area contributed by atoms with E-state index in [0.717, 1.165) is 25.5 Å². The Morgan fingerprint density at radius 1 is 1.35 bits per heavy atom. The predicted molar refractivity (Wildman–Crippen MR) is 73.1 cm³/mol. The van der Waals surface area contributed by atoms with Gasteiger partial charge in [-0.3, -0.25) is 0 Å². The van der Waals surface area contributed by atoms with Gasteiger partial charge in [0.1, 0.15) is 0 Å². The van der Waals surface area contributed by atoms with Gasteiger partial charge in [0, 0.05) is 23.5 Å². The van der Waals surface area contributed by atoms with Gasteiger partial charge < -0.3 is 10.6 Å². The fourth-order valence-corrected chi connectivity index (χ4v) is 2.81. The standard InChI is InChI=1S/C13H16BrN3/c14-11-5-2-1-4-9(11)10-8-12(10)16-13(15)17-6-3-7-17/h1-2,4-5,10,12H,3,6-8H2,(H2,15,16)/t10-,12+/m0/s1. The molecule has 2 fully saturated rings. The summed E-state index contributed by atoms with van der Waals surface area (Å²) >= 11 is 3.59. The fraction of sp³-hybridized carbons (Fsp3) is 0.462. The molecule has 3 rings (SSSR count). The number of likely N-dealkylation sites (tertiary alicyclic amines) is 1. The van der Waals surface area contributed by atoms with E-state index < -0.39 is 0 Å². The smallest absolute Gasteiger partial charge is 0.191 e. The summed E-state index contributed by atoms with van der Waals surface area (Å²) in [7, 11) is 0.